The van der Waals surface area contributed by atoms with Gasteiger partial charge >= 0.3 is 0 Å². The number of hydrogen-bond acceptors (Lipinski definition) is 7. The number of ether oxygens (including phenoxy) is 2. The number of methoxy groups -OCH3 is 1. The minimum atomic E-state index is -0.123. The molecule has 1 amide bonds. The number of hydrogen-bond donors (Lipinski definition) is 2. The molecule has 1 aliphatic heterocycles. The van der Waals surface area contributed by atoms with Crippen LogP contribution in [0.1, 0.15) is 45.0 Å². The van der Waals surface area contributed by atoms with E-state index in [4.69, 9.17) is 14.6 Å². The van der Waals surface area contributed by atoms with Crippen molar-refractivity contribution in [1.29, 1.82) is 0 Å². The smallest absolute Gasteiger partial charge is 0.219 e. The van der Waals surface area contributed by atoms with Crippen LogP contribution < -0.4 is 4.74 Å². The van der Waals surface area contributed by atoms with Gasteiger partial charge in [0.05, 0.1) is 48.9 Å². The molecule has 2 N–H and O–H groups in total. The van der Waals surface area contributed by atoms with Gasteiger partial charge in [0.1, 0.15) is 17.2 Å². The first-order valence-corrected chi connectivity index (χ1v) is 12.5. The van der Waals surface area contributed by atoms with Crippen LogP contribution in [0, 0.1) is 0 Å². The minimum Gasteiger partial charge on any atom is -0.456 e. The predicted octanol–water partition coefficient (Wildman–Crippen LogP) is 5.11. The van der Waals surface area contributed by atoms with Crippen molar-refractivity contribution >= 4 is 16.8 Å². The molecule has 0 unspecified atom stereocenters. The van der Waals surface area contributed by atoms with E-state index < -0.39 is 0 Å². The molecule has 0 radical (unpaired) electrons. The molecule has 9 heteroatoms. The molecule has 0 aliphatic carbocycles. The molecule has 1 aromatic carbocycles. The molecule has 1 aliphatic rings. The largest absolute Gasteiger partial charge is 0.456 e. The van der Waals surface area contributed by atoms with Gasteiger partial charge < -0.3 is 24.5 Å². The molecule has 9 nitrogen and oxygen atoms in total. The number of fused-ring (bicyclic) bond motifs is 1. The SMILES string of the molecule is CC.CC(=O)N1CCCC1.COCc1ccc(Oc2ccc3[nH]c(-c4cnc(CO)cn4)cc3c2)cn1. The molecule has 0 saturated carbocycles. The maximum absolute atomic E-state index is 10.6. The van der Waals surface area contributed by atoms with Crippen LogP contribution in [-0.2, 0) is 22.7 Å². The van der Waals surface area contributed by atoms with Gasteiger partial charge in [0.25, 0.3) is 0 Å². The topological polar surface area (TPSA) is 113 Å². The first-order chi connectivity index (χ1) is 18.1. The minimum absolute atomic E-state index is 0.123. The Labute approximate surface area is 217 Å². The van der Waals surface area contributed by atoms with Crippen molar-refractivity contribution in [2.75, 3.05) is 20.2 Å². The molecule has 0 bridgehead atoms. The first-order valence-electron chi connectivity index (χ1n) is 12.5. The van der Waals surface area contributed by atoms with Gasteiger partial charge in [-0.05, 0) is 49.2 Å². The first kappa shape index (κ1) is 27.8. The quantitative estimate of drug-likeness (QED) is 0.374. The zero-order chi connectivity index (χ0) is 26.6. The van der Waals surface area contributed by atoms with Crippen LogP contribution in [0.15, 0.2) is 55.0 Å². The van der Waals surface area contributed by atoms with E-state index in [1.54, 1.807) is 32.6 Å². The van der Waals surface area contributed by atoms with Crippen LogP contribution in [-0.4, -0.2) is 56.0 Å². The van der Waals surface area contributed by atoms with Crippen LogP contribution in [0.3, 0.4) is 0 Å². The summed E-state index contributed by atoms with van der Waals surface area (Å²) >= 11 is 0. The highest BCUT2D eigenvalue weighted by atomic mass is 16.5. The third-order valence-electron chi connectivity index (χ3n) is 5.61. The average molecular weight is 506 g/mol. The highest BCUT2D eigenvalue weighted by molar-refractivity contribution is 5.86. The molecule has 1 saturated heterocycles. The fourth-order valence-corrected chi connectivity index (χ4v) is 3.76. The lowest BCUT2D eigenvalue weighted by Gasteiger charge is -2.10. The summed E-state index contributed by atoms with van der Waals surface area (Å²) in [5.74, 6) is 1.61. The molecule has 37 heavy (non-hydrogen) atoms. The third-order valence-corrected chi connectivity index (χ3v) is 5.61. The Bertz CT molecular complexity index is 1250. The molecule has 3 aromatic heterocycles. The Morgan fingerprint density at radius 2 is 1.70 bits per heavy atom. The number of pyridine rings is 1. The normalized spacial score (nSPS) is 12.4. The summed E-state index contributed by atoms with van der Waals surface area (Å²) in [6.45, 7) is 7.94. The van der Waals surface area contributed by atoms with E-state index in [0.717, 1.165) is 41.1 Å². The Hall–Kier alpha value is -3.82. The van der Waals surface area contributed by atoms with Gasteiger partial charge in [0.15, 0.2) is 0 Å². The summed E-state index contributed by atoms with van der Waals surface area (Å²) in [5.41, 5.74) is 3.92. The van der Waals surface area contributed by atoms with Gasteiger partial charge in [-0.25, -0.2) is 0 Å². The van der Waals surface area contributed by atoms with Crippen LogP contribution in [0.4, 0.5) is 0 Å². The van der Waals surface area contributed by atoms with Crippen LogP contribution in [0.2, 0.25) is 0 Å². The zero-order valence-electron chi connectivity index (χ0n) is 21.9. The Morgan fingerprint density at radius 3 is 2.27 bits per heavy atom. The number of aromatic amines is 1. The summed E-state index contributed by atoms with van der Waals surface area (Å²) < 4.78 is 10.9. The maximum Gasteiger partial charge on any atom is 0.219 e. The van der Waals surface area contributed by atoms with E-state index in [1.807, 2.05) is 55.1 Å². The van der Waals surface area contributed by atoms with Gasteiger partial charge in [-0.2, -0.15) is 0 Å². The summed E-state index contributed by atoms with van der Waals surface area (Å²) in [6.07, 6.45) is 7.27. The average Bonchev–Trinajstić information content (AvgIpc) is 3.62. The van der Waals surface area contributed by atoms with Crippen molar-refractivity contribution < 1.29 is 19.4 Å². The number of likely N-dealkylation sites (tertiary alicyclic amines) is 1. The number of H-pyrrole nitrogens is 1. The fraction of sp³-hybridized carbons (Fsp3) is 0.357. The van der Waals surface area contributed by atoms with Gasteiger partial charge in [0.2, 0.25) is 5.91 Å². The third kappa shape index (κ3) is 7.83. The standard InChI is InChI=1S/C20H18N4O3.C6H11NO.C2H6/c1-26-12-14-2-3-17(9-21-14)27-16-4-5-18-13(6-16)7-19(24-18)20-10-22-15(11-25)8-23-20;1-6(8)7-4-2-3-5-7;1-2/h2-10,24-25H,11-12H2,1H3;2-5H2,1H3;1-2H3. The lowest BCUT2D eigenvalue weighted by molar-refractivity contribution is -0.127. The molecular formula is C28H35N5O4. The number of nitrogens with one attached hydrogen (secondary N) is 1. The molecule has 5 rings (SSSR count). The number of aliphatic hydroxyl groups is 1. The van der Waals surface area contributed by atoms with Crippen molar-refractivity contribution in [3.8, 4) is 22.9 Å². The van der Waals surface area contributed by atoms with E-state index in [2.05, 4.69) is 19.9 Å². The van der Waals surface area contributed by atoms with Crippen molar-refractivity contribution in [3.63, 3.8) is 0 Å². The molecule has 0 atom stereocenters. The van der Waals surface area contributed by atoms with E-state index in [-0.39, 0.29) is 12.5 Å². The van der Waals surface area contributed by atoms with Crippen molar-refractivity contribution in [2.45, 2.75) is 46.8 Å². The van der Waals surface area contributed by atoms with Crippen molar-refractivity contribution in [2.24, 2.45) is 0 Å². The second-order valence-electron chi connectivity index (χ2n) is 8.22. The Balaban J connectivity index is 0.000000322. The van der Waals surface area contributed by atoms with Crippen molar-refractivity contribution in [3.05, 3.63) is 66.4 Å². The number of amides is 1. The highest BCUT2D eigenvalue weighted by Gasteiger charge is 2.12. The number of aromatic nitrogens is 4. The predicted molar refractivity (Wildman–Crippen MR) is 143 cm³/mol. The highest BCUT2D eigenvalue weighted by Crippen LogP contribution is 2.28. The van der Waals surface area contributed by atoms with Gasteiger partial charge in [-0.1, -0.05) is 13.8 Å². The van der Waals surface area contributed by atoms with Gasteiger partial charge in [-0.15, -0.1) is 0 Å². The summed E-state index contributed by atoms with van der Waals surface area (Å²) in [4.78, 5) is 28.6. The van der Waals surface area contributed by atoms with E-state index in [9.17, 15) is 4.79 Å². The number of aliphatic hydroxyl groups excluding tert-OH is 1. The number of carbonyl (C=O) groups is 1. The monoisotopic (exact) mass is 505 g/mol. The molecule has 1 fully saturated rings. The van der Waals surface area contributed by atoms with Crippen molar-refractivity contribution in [1.82, 2.24) is 24.8 Å². The fourth-order valence-electron chi connectivity index (χ4n) is 3.76. The zero-order valence-corrected chi connectivity index (χ0v) is 21.9. The number of benzene rings is 1. The van der Waals surface area contributed by atoms with E-state index in [0.29, 0.717) is 23.7 Å². The van der Waals surface area contributed by atoms with Gasteiger partial charge in [0, 0.05) is 38.0 Å². The van der Waals surface area contributed by atoms with E-state index >= 15 is 0 Å². The van der Waals surface area contributed by atoms with Crippen LogP contribution in [0.25, 0.3) is 22.3 Å². The number of rotatable bonds is 6. The number of carbonyl (C=O) groups excluding carboxylic acids is 1. The summed E-state index contributed by atoms with van der Waals surface area (Å²) in [7, 11) is 1.64. The Morgan fingerprint density at radius 1 is 0.973 bits per heavy atom. The second kappa shape index (κ2) is 14.1. The molecule has 196 valence electrons. The molecule has 0 spiro atoms. The molecular weight excluding hydrogens is 470 g/mol. The molecule has 4 aromatic rings. The Kier molecular flexibility index (Phi) is 10.5. The number of nitrogens with zero attached hydrogens (tertiary/aromatic N) is 4. The molecule has 4 heterocycles. The summed E-state index contributed by atoms with van der Waals surface area (Å²) in [6, 6.07) is 11.5. The summed E-state index contributed by atoms with van der Waals surface area (Å²) in [5, 5.41) is 10.1. The van der Waals surface area contributed by atoms with Crippen LogP contribution in [0.5, 0.6) is 11.5 Å². The van der Waals surface area contributed by atoms with Gasteiger partial charge in [-0.3, -0.25) is 19.7 Å². The lowest BCUT2D eigenvalue weighted by atomic mass is 10.2. The lowest BCUT2D eigenvalue weighted by Crippen LogP contribution is -2.24. The maximum atomic E-state index is 10.6. The van der Waals surface area contributed by atoms with E-state index in [1.165, 1.54) is 12.8 Å². The van der Waals surface area contributed by atoms with Crippen LogP contribution >= 0.6 is 0 Å². The second-order valence-corrected chi connectivity index (χ2v) is 8.22.